The van der Waals surface area contributed by atoms with E-state index in [-0.39, 0.29) is 5.91 Å². The van der Waals surface area contributed by atoms with E-state index in [4.69, 9.17) is 0 Å². The molecule has 0 atom stereocenters. The molecule has 0 unspecified atom stereocenters. The molecular weight excluding hydrogens is 128 g/mol. The van der Waals surface area contributed by atoms with E-state index >= 15 is 0 Å². The van der Waals surface area contributed by atoms with Gasteiger partial charge < -0.3 is 0 Å². The molecule has 49 valence electrons. The second kappa shape index (κ2) is 1.80. The quantitative estimate of drug-likeness (QED) is 0.514. The van der Waals surface area contributed by atoms with Crippen molar-refractivity contribution in [3.63, 3.8) is 0 Å². The number of amides is 1. The number of carbonyl (C=O) groups excluding carboxylic acids is 1. The third kappa shape index (κ3) is 0.673. The van der Waals surface area contributed by atoms with Crippen LogP contribution in [0.2, 0.25) is 0 Å². The summed E-state index contributed by atoms with van der Waals surface area (Å²) >= 11 is 0. The first-order chi connectivity index (χ1) is 4.86. The van der Waals surface area contributed by atoms with Crippen molar-refractivity contribution in [3.05, 3.63) is 23.9 Å². The number of aromatic nitrogens is 1. The van der Waals surface area contributed by atoms with Gasteiger partial charge in [0.05, 0.1) is 6.42 Å². The molecule has 0 saturated carbocycles. The van der Waals surface area contributed by atoms with Crippen LogP contribution in [0.1, 0.15) is 5.56 Å². The fourth-order valence-electron chi connectivity index (χ4n) is 0.989. The minimum Gasteiger partial charge on any atom is -0.272 e. The topological polar surface area (TPSA) is 44.1 Å². The highest BCUT2D eigenvalue weighted by Crippen LogP contribution is 2.18. The number of fused-ring (bicyclic) bond motifs is 1. The normalized spacial score (nSPS) is 14.6. The number of rotatable bonds is 0. The minimum absolute atomic E-state index is 0.0892. The first-order valence-corrected chi connectivity index (χ1v) is 3.05. The van der Waals surface area contributed by atoms with E-state index in [9.17, 15) is 4.79 Å². The minimum atomic E-state index is -0.0892. The van der Waals surface area contributed by atoms with E-state index in [0.29, 0.717) is 12.2 Å². The number of nitrogens with zero attached hydrogens (tertiary/aromatic N) is 2. The summed E-state index contributed by atoms with van der Waals surface area (Å²) < 4.78 is 0. The number of hydrogen-bond donors (Lipinski definition) is 0. The Morgan fingerprint density at radius 1 is 1.50 bits per heavy atom. The van der Waals surface area contributed by atoms with E-state index in [0.717, 1.165) is 5.56 Å². The molecule has 1 aliphatic rings. The Labute approximate surface area is 58.1 Å². The standard InChI is InChI=1S/C7H5N2O/c10-6-4-5-2-1-3-8-7(5)9-6/h1-3H,4H2. The fourth-order valence-corrected chi connectivity index (χ4v) is 0.989. The zero-order valence-corrected chi connectivity index (χ0v) is 5.24. The van der Waals surface area contributed by atoms with Gasteiger partial charge in [0.1, 0.15) is 0 Å². The molecular formula is C7H5N2O. The van der Waals surface area contributed by atoms with Gasteiger partial charge >= 0.3 is 0 Å². The molecule has 2 rings (SSSR count). The average molecular weight is 133 g/mol. The average Bonchev–Trinajstić information content (AvgIpc) is 2.27. The largest absolute Gasteiger partial charge is 0.272 e. The van der Waals surface area contributed by atoms with Crippen molar-refractivity contribution in [3.8, 4) is 0 Å². The van der Waals surface area contributed by atoms with Crippen LogP contribution in [0.5, 0.6) is 0 Å². The second-order valence-electron chi connectivity index (χ2n) is 2.17. The maximum absolute atomic E-state index is 10.7. The van der Waals surface area contributed by atoms with Crippen LogP contribution < -0.4 is 5.32 Å². The molecule has 0 fully saturated rings. The summed E-state index contributed by atoms with van der Waals surface area (Å²) in [4.78, 5) is 14.6. The van der Waals surface area contributed by atoms with Crippen molar-refractivity contribution in [2.75, 3.05) is 0 Å². The van der Waals surface area contributed by atoms with Crippen LogP contribution in [0.4, 0.5) is 5.82 Å². The fraction of sp³-hybridized carbons (Fsp3) is 0.143. The molecule has 3 heteroatoms. The second-order valence-corrected chi connectivity index (χ2v) is 2.17. The van der Waals surface area contributed by atoms with E-state index in [2.05, 4.69) is 10.3 Å². The zero-order chi connectivity index (χ0) is 6.97. The van der Waals surface area contributed by atoms with Gasteiger partial charge in [0.25, 0.3) is 5.91 Å². The molecule has 0 bridgehead atoms. The maximum atomic E-state index is 10.7. The van der Waals surface area contributed by atoms with Crippen LogP contribution in [0.25, 0.3) is 0 Å². The Hall–Kier alpha value is -1.38. The lowest BCUT2D eigenvalue weighted by atomic mass is 10.2. The molecule has 2 heterocycles. The van der Waals surface area contributed by atoms with Crippen molar-refractivity contribution in [2.24, 2.45) is 0 Å². The van der Waals surface area contributed by atoms with Crippen LogP contribution in [-0.4, -0.2) is 10.9 Å². The van der Waals surface area contributed by atoms with Crippen LogP contribution in [0, 0.1) is 0 Å². The van der Waals surface area contributed by atoms with Gasteiger partial charge in [0.15, 0.2) is 5.82 Å². The summed E-state index contributed by atoms with van der Waals surface area (Å²) in [6.07, 6.45) is 2.06. The molecule has 1 aromatic rings. The van der Waals surface area contributed by atoms with Crippen molar-refractivity contribution in [1.82, 2.24) is 10.3 Å². The Kier molecular flexibility index (Phi) is 0.974. The highest BCUT2D eigenvalue weighted by atomic mass is 16.1. The molecule has 0 aliphatic carbocycles. The third-order valence-electron chi connectivity index (χ3n) is 1.44. The van der Waals surface area contributed by atoms with Gasteiger partial charge in [-0.15, -0.1) is 0 Å². The van der Waals surface area contributed by atoms with E-state index in [1.165, 1.54) is 0 Å². The summed E-state index contributed by atoms with van der Waals surface area (Å²) in [6.45, 7) is 0. The first-order valence-electron chi connectivity index (χ1n) is 3.05. The summed E-state index contributed by atoms with van der Waals surface area (Å²) in [7, 11) is 0. The van der Waals surface area contributed by atoms with Gasteiger partial charge in [-0.2, -0.15) is 5.32 Å². The van der Waals surface area contributed by atoms with Gasteiger partial charge in [-0.1, -0.05) is 6.07 Å². The highest BCUT2D eigenvalue weighted by Gasteiger charge is 2.19. The molecule has 1 amide bonds. The molecule has 1 radical (unpaired) electrons. The number of pyridine rings is 1. The van der Waals surface area contributed by atoms with Crippen LogP contribution in [0.3, 0.4) is 0 Å². The number of hydrogen-bond acceptors (Lipinski definition) is 2. The Morgan fingerprint density at radius 3 is 3.20 bits per heavy atom. The summed E-state index contributed by atoms with van der Waals surface area (Å²) in [5, 5.41) is 3.70. The smallest absolute Gasteiger partial charge is 0.252 e. The predicted octanol–water partition coefficient (Wildman–Crippen LogP) is 0.400. The van der Waals surface area contributed by atoms with Crippen LogP contribution in [-0.2, 0) is 11.2 Å². The van der Waals surface area contributed by atoms with Crippen molar-refractivity contribution < 1.29 is 4.79 Å². The van der Waals surface area contributed by atoms with E-state index in [1.54, 1.807) is 6.20 Å². The summed E-state index contributed by atoms with van der Waals surface area (Å²) in [5.41, 5.74) is 0.938. The Morgan fingerprint density at radius 2 is 2.40 bits per heavy atom. The molecule has 0 saturated heterocycles. The Bertz CT molecular complexity index is 256. The molecule has 1 aliphatic heterocycles. The molecule has 0 aromatic carbocycles. The van der Waals surface area contributed by atoms with Crippen LogP contribution in [0.15, 0.2) is 18.3 Å². The lowest BCUT2D eigenvalue weighted by molar-refractivity contribution is -0.118. The highest BCUT2D eigenvalue weighted by molar-refractivity contribution is 5.88. The van der Waals surface area contributed by atoms with Crippen molar-refractivity contribution in [1.29, 1.82) is 0 Å². The van der Waals surface area contributed by atoms with Crippen molar-refractivity contribution in [2.45, 2.75) is 6.42 Å². The molecule has 3 nitrogen and oxygen atoms in total. The molecule has 10 heavy (non-hydrogen) atoms. The van der Waals surface area contributed by atoms with Gasteiger partial charge in [0, 0.05) is 11.8 Å². The first kappa shape index (κ1) is 5.41. The molecule has 1 aromatic heterocycles. The Balaban J connectivity index is 2.51. The zero-order valence-electron chi connectivity index (χ0n) is 5.24. The predicted molar refractivity (Wildman–Crippen MR) is 34.7 cm³/mol. The summed E-state index contributed by atoms with van der Waals surface area (Å²) in [6, 6.07) is 3.68. The van der Waals surface area contributed by atoms with Gasteiger partial charge in [0.2, 0.25) is 0 Å². The lowest BCUT2D eigenvalue weighted by Gasteiger charge is -1.89. The lowest BCUT2D eigenvalue weighted by Crippen LogP contribution is -2.02. The molecule has 0 spiro atoms. The van der Waals surface area contributed by atoms with E-state index < -0.39 is 0 Å². The SMILES string of the molecule is O=C1Cc2cccnc2[N]1. The van der Waals surface area contributed by atoms with Gasteiger partial charge in [-0.3, -0.25) is 4.79 Å². The summed E-state index contributed by atoms with van der Waals surface area (Å²) in [5.74, 6) is 0.501. The van der Waals surface area contributed by atoms with Crippen molar-refractivity contribution >= 4 is 11.7 Å². The van der Waals surface area contributed by atoms with E-state index in [1.807, 2.05) is 12.1 Å². The van der Waals surface area contributed by atoms with Gasteiger partial charge in [-0.05, 0) is 6.07 Å². The van der Waals surface area contributed by atoms with Gasteiger partial charge in [-0.25, -0.2) is 4.98 Å². The monoisotopic (exact) mass is 133 g/mol. The number of carbonyl (C=O) groups is 1. The van der Waals surface area contributed by atoms with Crippen LogP contribution >= 0.6 is 0 Å². The maximum Gasteiger partial charge on any atom is 0.252 e. The third-order valence-corrected chi connectivity index (χ3v) is 1.44. The molecule has 0 N–H and O–H groups in total.